The van der Waals surface area contributed by atoms with E-state index >= 15 is 0 Å². The Bertz CT molecular complexity index is 457. The summed E-state index contributed by atoms with van der Waals surface area (Å²) < 4.78 is 39.1. The smallest absolute Gasteiger partial charge is 0.304 e. The fourth-order valence-corrected chi connectivity index (χ4v) is 1.54. The minimum absolute atomic E-state index is 0. The SMILES string of the molecule is CC(=O)OC1CC(C)[CH-]O1.COc1cccc(F)c1F.[Re]. The monoisotopic (exact) mass is 474 g/mol. The molecule has 21 heavy (non-hydrogen) atoms. The minimum atomic E-state index is -0.940. The Balaban J connectivity index is 0.000000364. The third kappa shape index (κ3) is 6.98. The Kier molecular flexibility index (Phi) is 9.35. The summed E-state index contributed by atoms with van der Waals surface area (Å²) in [6.45, 7) is 5.10. The Hall–Kier alpha value is -1.03. The van der Waals surface area contributed by atoms with E-state index in [0.29, 0.717) is 5.92 Å². The summed E-state index contributed by atoms with van der Waals surface area (Å²) in [7, 11) is 1.29. The summed E-state index contributed by atoms with van der Waals surface area (Å²) in [6.07, 6.45) is 0.437. The summed E-state index contributed by atoms with van der Waals surface area (Å²) in [5, 5.41) is 0. The molecule has 119 valence electrons. The van der Waals surface area contributed by atoms with E-state index in [1.807, 2.05) is 6.92 Å². The summed E-state index contributed by atoms with van der Waals surface area (Å²) in [5.41, 5.74) is 0. The molecule has 7 heteroatoms. The standard InChI is InChI=1S/C7H6F2O.C7H11O3.Re/c1-10-6-4-2-3-5(8)7(6)9;1-5-3-7(9-4-5)10-6(2)8;/h2-4H,1H3;4-5,7H,3H2,1-2H3;/q;-1;. The molecule has 2 unspecified atom stereocenters. The van der Waals surface area contributed by atoms with E-state index in [-0.39, 0.29) is 38.4 Å². The van der Waals surface area contributed by atoms with Gasteiger partial charge in [0.1, 0.15) is 0 Å². The number of methoxy groups -OCH3 is 1. The molecule has 0 N–H and O–H groups in total. The number of rotatable bonds is 2. The third-order valence-corrected chi connectivity index (χ3v) is 2.46. The summed E-state index contributed by atoms with van der Waals surface area (Å²) in [4.78, 5) is 10.4. The average molecular weight is 473 g/mol. The van der Waals surface area contributed by atoms with Crippen LogP contribution in [0.2, 0.25) is 0 Å². The first-order valence-electron chi connectivity index (χ1n) is 6.08. The molecule has 1 aromatic carbocycles. The van der Waals surface area contributed by atoms with Crippen LogP contribution in [0, 0.1) is 24.2 Å². The Morgan fingerprint density at radius 3 is 2.52 bits per heavy atom. The van der Waals surface area contributed by atoms with Crippen molar-refractivity contribution >= 4 is 5.97 Å². The zero-order valence-corrected chi connectivity index (χ0v) is 14.7. The van der Waals surface area contributed by atoms with Crippen LogP contribution < -0.4 is 4.74 Å². The summed E-state index contributed by atoms with van der Waals surface area (Å²) >= 11 is 0. The van der Waals surface area contributed by atoms with Crippen molar-refractivity contribution in [1.82, 2.24) is 0 Å². The molecule has 1 aliphatic rings. The molecule has 0 saturated carbocycles. The van der Waals surface area contributed by atoms with Crippen molar-refractivity contribution in [3.05, 3.63) is 36.4 Å². The van der Waals surface area contributed by atoms with E-state index in [9.17, 15) is 13.6 Å². The number of hydrogen-bond donors (Lipinski definition) is 0. The van der Waals surface area contributed by atoms with Gasteiger partial charge in [0.15, 0.2) is 17.9 Å². The maximum atomic E-state index is 12.5. The van der Waals surface area contributed by atoms with Gasteiger partial charge < -0.3 is 14.2 Å². The molecule has 1 radical (unpaired) electrons. The molecule has 0 amide bonds. The molecule has 0 aromatic heterocycles. The van der Waals surface area contributed by atoms with E-state index in [1.165, 1.54) is 26.2 Å². The first-order chi connectivity index (χ1) is 9.43. The zero-order valence-electron chi connectivity index (χ0n) is 11.9. The molecule has 1 saturated heterocycles. The Morgan fingerprint density at radius 2 is 2.10 bits per heavy atom. The van der Waals surface area contributed by atoms with Crippen LogP contribution in [-0.2, 0) is 34.7 Å². The van der Waals surface area contributed by atoms with Gasteiger partial charge in [-0.05, 0) is 18.6 Å². The Labute approximate surface area is 136 Å². The quantitative estimate of drug-likeness (QED) is 0.489. The molecular weight excluding hydrogens is 456 g/mol. The van der Waals surface area contributed by atoms with Gasteiger partial charge in [-0.3, -0.25) is 4.79 Å². The van der Waals surface area contributed by atoms with Crippen LogP contribution >= 0.6 is 0 Å². The van der Waals surface area contributed by atoms with E-state index in [1.54, 1.807) is 6.61 Å². The van der Waals surface area contributed by atoms with Crippen LogP contribution in [0.25, 0.3) is 0 Å². The van der Waals surface area contributed by atoms with Crippen molar-refractivity contribution < 1.29 is 48.2 Å². The van der Waals surface area contributed by atoms with Gasteiger partial charge in [-0.2, -0.15) is 4.39 Å². The third-order valence-electron chi connectivity index (χ3n) is 2.46. The van der Waals surface area contributed by atoms with Gasteiger partial charge in [0.05, 0.1) is 7.11 Å². The number of carbonyl (C=O) groups is 1. The molecule has 0 spiro atoms. The predicted octanol–water partition coefficient (Wildman–Crippen LogP) is 3.06. The predicted molar refractivity (Wildman–Crippen MR) is 67.6 cm³/mol. The molecule has 2 atom stereocenters. The molecule has 1 aliphatic heterocycles. The second kappa shape index (κ2) is 9.83. The number of benzene rings is 1. The molecule has 4 nitrogen and oxygen atoms in total. The van der Waals surface area contributed by atoms with Gasteiger partial charge in [-0.25, -0.2) is 11.0 Å². The summed E-state index contributed by atoms with van der Waals surface area (Å²) in [5.74, 6) is -1.79. The van der Waals surface area contributed by atoms with E-state index in [4.69, 9.17) is 9.47 Å². The molecular formula is C14H17F2O4Re-. The summed E-state index contributed by atoms with van der Waals surface area (Å²) in [6, 6.07) is 3.79. The zero-order chi connectivity index (χ0) is 15.1. The van der Waals surface area contributed by atoms with Crippen molar-refractivity contribution in [2.24, 2.45) is 5.92 Å². The first kappa shape index (κ1) is 20.0. The molecule has 1 heterocycles. The second-order valence-corrected chi connectivity index (χ2v) is 4.28. The molecule has 1 fully saturated rings. The maximum absolute atomic E-state index is 12.5. The van der Waals surface area contributed by atoms with Crippen molar-refractivity contribution in [3.8, 4) is 5.75 Å². The van der Waals surface area contributed by atoms with E-state index in [2.05, 4.69) is 4.74 Å². The van der Waals surface area contributed by atoms with Crippen molar-refractivity contribution in [2.75, 3.05) is 7.11 Å². The van der Waals surface area contributed by atoms with Crippen LogP contribution in [0.15, 0.2) is 18.2 Å². The first-order valence-corrected chi connectivity index (χ1v) is 6.08. The van der Waals surface area contributed by atoms with Crippen molar-refractivity contribution in [3.63, 3.8) is 0 Å². The van der Waals surface area contributed by atoms with Crippen LogP contribution in [0.4, 0.5) is 8.78 Å². The van der Waals surface area contributed by atoms with Gasteiger partial charge in [0, 0.05) is 27.3 Å². The van der Waals surface area contributed by atoms with Crippen LogP contribution in [-0.4, -0.2) is 19.4 Å². The molecule has 0 bridgehead atoms. The van der Waals surface area contributed by atoms with Gasteiger partial charge in [-0.1, -0.05) is 13.0 Å². The number of carbonyl (C=O) groups excluding carboxylic acids is 1. The number of ether oxygens (including phenoxy) is 3. The second-order valence-electron chi connectivity index (χ2n) is 4.28. The number of halogens is 2. The van der Waals surface area contributed by atoms with Crippen LogP contribution in [0.1, 0.15) is 20.3 Å². The fraction of sp³-hybridized carbons (Fsp3) is 0.429. The van der Waals surface area contributed by atoms with E-state index < -0.39 is 11.6 Å². The molecule has 1 aromatic rings. The minimum Gasteiger partial charge on any atom is -0.520 e. The van der Waals surface area contributed by atoms with Gasteiger partial charge in [0.2, 0.25) is 5.82 Å². The normalized spacial score (nSPS) is 19.9. The van der Waals surface area contributed by atoms with E-state index in [0.717, 1.165) is 12.5 Å². The largest absolute Gasteiger partial charge is 0.520 e. The number of hydrogen-bond acceptors (Lipinski definition) is 4. The molecule has 0 aliphatic carbocycles. The maximum Gasteiger partial charge on any atom is 0.304 e. The molecule has 2 rings (SSSR count). The fourth-order valence-electron chi connectivity index (χ4n) is 1.54. The van der Waals surface area contributed by atoms with Crippen molar-refractivity contribution in [2.45, 2.75) is 26.6 Å². The topological polar surface area (TPSA) is 44.8 Å². The Morgan fingerprint density at radius 1 is 1.43 bits per heavy atom. The van der Waals surface area contributed by atoms with Crippen molar-refractivity contribution in [1.29, 1.82) is 0 Å². The van der Waals surface area contributed by atoms with Crippen LogP contribution in [0.3, 0.4) is 0 Å². The van der Waals surface area contributed by atoms with Gasteiger partial charge >= 0.3 is 5.97 Å². The number of esters is 1. The van der Waals surface area contributed by atoms with Gasteiger partial charge in [0.25, 0.3) is 0 Å². The average Bonchev–Trinajstić information content (AvgIpc) is 2.78. The van der Waals surface area contributed by atoms with Gasteiger partial charge in [-0.15, -0.1) is 5.92 Å². The van der Waals surface area contributed by atoms with Crippen LogP contribution in [0.5, 0.6) is 5.75 Å².